The predicted octanol–water partition coefficient (Wildman–Crippen LogP) is 4.34. The number of rotatable bonds is 14. The highest BCUT2D eigenvalue weighted by molar-refractivity contribution is 8.00. The molecule has 0 fully saturated rings. The Labute approximate surface area is 226 Å². The lowest BCUT2D eigenvalue weighted by molar-refractivity contribution is -0.138. The molecular formula is C26H35F3N2O5S2. The second-order valence-electron chi connectivity index (χ2n) is 9.60. The summed E-state index contributed by atoms with van der Waals surface area (Å²) in [5.74, 6) is -0.939. The zero-order valence-corrected chi connectivity index (χ0v) is 23.5. The first kappa shape index (κ1) is 32.1. The number of nitrogens with zero attached hydrogens (tertiary/aromatic N) is 1. The van der Waals surface area contributed by atoms with Crippen molar-refractivity contribution >= 4 is 27.8 Å². The number of β-amino-alcohol motifs (C(OH)–C–C–N with tert-alkyl or cyclic N) is 1. The van der Waals surface area contributed by atoms with Crippen molar-refractivity contribution in [3.8, 4) is 0 Å². The van der Waals surface area contributed by atoms with Crippen LogP contribution in [0.3, 0.4) is 0 Å². The summed E-state index contributed by atoms with van der Waals surface area (Å²) >= 11 is 0.738. The van der Waals surface area contributed by atoms with Crippen LogP contribution in [0.1, 0.15) is 37.8 Å². The molecule has 0 aliphatic rings. The van der Waals surface area contributed by atoms with Crippen molar-refractivity contribution in [2.75, 3.05) is 33.0 Å². The van der Waals surface area contributed by atoms with Gasteiger partial charge in [-0.2, -0.15) is 17.5 Å². The number of alkyl halides is 3. The monoisotopic (exact) mass is 576 g/mol. The summed E-state index contributed by atoms with van der Waals surface area (Å²) in [6.45, 7) is 3.75. The number of sulfonamides is 1. The third-order valence-electron chi connectivity index (χ3n) is 5.89. The number of hydrogen-bond acceptors (Lipinski definition) is 7. The Morgan fingerprint density at radius 3 is 2.42 bits per heavy atom. The molecule has 0 amide bonds. The zero-order chi connectivity index (χ0) is 28.6. The second kappa shape index (κ2) is 13.8. The van der Waals surface area contributed by atoms with Gasteiger partial charge in [-0.3, -0.25) is 4.79 Å². The Bertz CT molecular complexity index is 1160. The number of methoxy groups -OCH3 is 1. The number of thioether (sulfide) groups is 1. The maximum Gasteiger partial charge on any atom is 0.416 e. The maximum atomic E-state index is 13.5. The smallest absolute Gasteiger partial charge is 0.416 e. The van der Waals surface area contributed by atoms with E-state index in [1.165, 1.54) is 12.6 Å². The Balaban J connectivity index is 2.02. The molecule has 0 heterocycles. The highest BCUT2D eigenvalue weighted by Gasteiger charge is 2.34. The number of benzene rings is 2. The van der Waals surface area contributed by atoms with Gasteiger partial charge < -0.3 is 15.2 Å². The van der Waals surface area contributed by atoms with E-state index in [0.717, 1.165) is 54.6 Å². The fraction of sp³-hybridized carbons (Fsp3) is 0.500. The van der Waals surface area contributed by atoms with Gasteiger partial charge in [-0.1, -0.05) is 30.3 Å². The van der Waals surface area contributed by atoms with Gasteiger partial charge in [-0.25, -0.2) is 8.42 Å². The molecule has 212 valence electrons. The molecule has 0 aromatic heterocycles. The summed E-state index contributed by atoms with van der Waals surface area (Å²) in [6, 6.07) is 12.5. The Hall–Kier alpha value is -2.12. The number of halogens is 3. The number of carbonyl (C=O) groups excluding carboxylic acids is 1. The van der Waals surface area contributed by atoms with Gasteiger partial charge in [0.25, 0.3) is 0 Å². The minimum Gasteiger partial charge on any atom is -0.468 e. The third kappa shape index (κ3) is 10.2. The van der Waals surface area contributed by atoms with Crippen molar-refractivity contribution < 1.29 is 36.2 Å². The largest absolute Gasteiger partial charge is 0.468 e. The number of carbonyl (C=O) groups is 1. The number of aryl methyl sites for hydroxylation is 1. The standard InChI is InChI=1S/C26H35F3N2O5S2/c1-25(2,12-8-11-19-9-6-5-7-10-19)30-16-21(32)17-31(3)38(34,35)23-14-20(26(27,28)29)13-22(15-23)37-18-24(33)36-4/h5-7,9-10,13-15,21,30,32H,8,11-12,16-18H2,1-4H3. The van der Waals surface area contributed by atoms with Crippen LogP contribution in [0.2, 0.25) is 0 Å². The van der Waals surface area contributed by atoms with Crippen molar-refractivity contribution in [2.24, 2.45) is 0 Å². The van der Waals surface area contributed by atoms with E-state index in [1.54, 1.807) is 0 Å². The van der Waals surface area contributed by atoms with Crippen LogP contribution in [-0.4, -0.2) is 68.4 Å². The van der Waals surface area contributed by atoms with Crippen LogP contribution in [0, 0.1) is 0 Å². The molecule has 2 aromatic carbocycles. The topological polar surface area (TPSA) is 95.9 Å². The van der Waals surface area contributed by atoms with E-state index >= 15 is 0 Å². The SMILES string of the molecule is COC(=O)CSc1cc(C(F)(F)F)cc(S(=O)(=O)N(C)CC(O)CNC(C)(C)CCCc2ccccc2)c1. The van der Waals surface area contributed by atoms with Crippen LogP contribution < -0.4 is 5.32 Å². The van der Waals surface area contributed by atoms with E-state index < -0.39 is 38.7 Å². The van der Waals surface area contributed by atoms with Crippen LogP contribution in [0.25, 0.3) is 0 Å². The second-order valence-corrected chi connectivity index (χ2v) is 12.7. The zero-order valence-electron chi connectivity index (χ0n) is 21.9. The molecule has 0 aliphatic heterocycles. The highest BCUT2D eigenvalue weighted by Crippen LogP contribution is 2.35. The third-order valence-corrected chi connectivity index (χ3v) is 8.64. The van der Waals surface area contributed by atoms with E-state index in [1.807, 2.05) is 32.0 Å². The number of aliphatic hydroxyl groups excluding tert-OH is 1. The molecule has 2 aromatic rings. The summed E-state index contributed by atoms with van der Waals surface area (Å²) in [6.07, 6.45) is -3.24. The maximum absolute atomic E-state index is 13.5. The van der Waals surface area contributed by atoms with Gasteiger partial charge in [-0.15, -0.1) is 11.8 Å². The normalized spacial score (nSPS) is 13.5. The lowest BCUT2D eigenvalue weighted by atomic mass is 9.95. The molecule has 1 unspecified atom stereocenters. The van der Waals surface area contributed by atoms with Crippen molar-refractivity contribution in [3.63, 3.8) is 0 Å². The van der Waals surface area contributed by atoms with E-state index in [4.69, 9.17) is 0 Å². The summed E-state index contributed by atoms with van der Waals surface area (Å²) in [5, 5.41) is 13.7. The first-order chi connectivity index (χ1) is 17.6. The molecule has 12 heteroatoms. The average Bonchev–Trinajstić information content (AvgIpc) is 2.86. The molecule has 1 atom stereocenters. The highest BCUT2D eigenvalue weighted by atomic mass is 32.2. The van der Waals surface area contributed by atoms with Crippen LogP contribution in [0.5, 0.6) is 0 Å². The molecule has 7 nitrogen and oxygen atoms in total. The molecule has 0 aliphatic carbocycles. The van der Waals surface area contributed by atoms with Gasteiger partial charge in [0.05, 0.1) is 29.4 Å². The first-order valence-electron chi connectivity index (χ1n) is 12.0. The predicted molar refractivity (Wildman–Crippen MR) is 141 cm³/mol. The minimum absolute atomic E-state index is 0.0448. The first-order valence-corrected chi connectivity index (χ1v) is 14.4. The van der Waals surface area contributed by atoms with Gasteiger partial charge in [0.2, 0.25) is 10.0 Å². The number of likely N-dealkylation sites (N-methyl/N-ethyl adjacent to an activating group) is 1. The van der Waals surface area contributed by atoms with Gasteiger partial charge >= 0.3 is 12.1 Å². The van der Waals surface area contributed by atoms with Gasteiger partial charge in [0.1, 0.15) is 0 Å². The quantitative estimate of drug-likeness (QED) is 0.255. The molecule has 0 saturated carbocycles. The lowest BCUT2D eigenvalue weighted by Gasteiger charge is -2.29. The molecule has 2 rings (SSSR count). The van der Waals surface area contributed by atoms with Crippen molar-refractivity contribution in [1.29, 1.82) is 0 Å². The summed E-state index contributed by atoms with van der Waals surface area (Å²) in [5.41, 5.74) is -0.240. The fourth-order valence-corrected chi connectivity index (χ4v) is 5.85. The fourth-order valence-electron chi connectivity index (χ4n) is 3.67. The summed E-state index contributed by atoms with van der Waals surface area (Å²) in [7, 11) is -2.02. The van der Waals surface area contributed by atoms with Crippen molar-refractivity contribution in [2.45, 2.75) is 60.7 Å². The molecule has 2 N–H and O–H groups in total. The Morgan fingerprint density at radius 2 is 1.82 bits per heavy atom. The van der Waals surface area contributed by atoms with Crippen LogP contribution >= 0.6 is 11.8 Å². The molecular weight excluding hydrogens is 541 g/mol. The van der Waals surface area contributed by atoms with Crippen LogP contribution in [0.4, 0.5) is 13.2 Å². The van der Waals surface area contributed by atoms with Crippen molar-refractivity contribution in [3.05, 3.63) is 59.7 Å². The van der Waals surface area contributed by atoms with Gasteiger partial charge in [0.15, 0.2) is 0 Å². The molecule has 0 spiro atoms. The Morgan fingerprint density at radius 1 is 1.16 bits per heavy atom. The number of aliphatic hydroxyl groups is 1. The van der Waals surface area contributed by atoms with Crippen molar-refractivity contribution in [1.82, 2.24) is 9.62 Å². The van der Waals surface area contributed by atoms with Gasteiger partial charge in [-0.05, 0) is 56.9 Å². The molecule has 0 radical (unpaired) electrons. The number of ether oxygens (including phenoxy) is 1. The van der Waals surface area contributed by atoms with E-state index in [0.29, 0.717) is 6.07 Å². The minimum atomic E-state index is -4.79. The number of esters is 1. The molecule has 0 bridgehead atoms. The van der Waals surface area contributed by atoms with Crippen LogP contribution in [-0.2, 0) is 32.2 Å². The molecule has 0 saturated heterocycles. The van der Waals surface area contributed by atoms with E-state index in [-0.39, 0.29) is 29.3 Å². The lowest BCUT2D eigenvalue weighted by Crippen LogP contribution is -2.46. The van der Waals surface area contributed by atoms with E-state index in [9.17, 15) is 31.5 Å². The van der Waals surface area contributed by atoms with Gasteiger partial charge in [0, 0.05) is 30.6 Å². The number of nitrogens with one attached hydrogen (secondary N) is 1. The van der Waals surface area contributed by atoms with E-state index in [2.05, 4.69) is 22.2 Å². The average molecular weight is 577 g/mol. The van der Waals surface area contributed by atoms with Crippen LogP contribution in [0.15, 0.2) is 58.3 Å². The number of hydrogen-bond donors (Lipinski definition) is 2. The summed E-state index contributed by atoms with van der Waals surface area (Å²) in [4.78, 5) is 10.8. The Kier molecular flexibility index (Phi) is 11.6. The molecule has 38 heavy (non-hydrogen) atoms. The summed E-state index contributed by atoms with van der Waals surface area (Å²) < 4.78 is 71.9.